The first kappa shape index (κ1) is 26.6. The molecule has 39 heavy (non-hydrogen) atoms. The molecule has 5 heteroatoms. The van der Waals surface area contributed by atoms with Crippen LogP contribution >= 0.6 is 0 Å². The lowest BCUT2D eigenvalue weighted by Gasteiger charge is -2.26. The minimum absolute atomic E-state index is 0.0908. The number of methoxy groups -OCH3 is 2. The number of anilines is 2. The number of nitrogens with zero attached hydrogens (tertiary/aromatic N) is 2. The number of rotatable bonds is 8. The molecule has 0 N–H and O–H groups in total. The summed E-state index contributed by atoms with van der Waals surface area (Å²) in [7, 11) is 11.7. The van der Waals surface area contributed by atoms with Gasteiger partial charge < -0.3 is 24.0 Å². The normalized spacial score (nSPS) is 20.5. The Morgan fingerprint density at radius 3 is 1.05 bits per heavy atom. The van der Waals surface area contributed by atoms with Crippen LogP contribution < -0.4 is 19.3 Å². The summed E-state index contributed by atoms with van der Waals surface area (Å²) in [5, 5.41) is 0. The Hall–Kier alpha value is -3.96. The Morgan fingerprint density at radius 2 is 0.769 bits per heavy atom. The van der Waals surface area contributed by atoms with E-state index in [2.05, 4.69) is 111 Å². The zero-order chi connectivity index (χ0) is 27.5. The maximum absolute atomic E-state index is 7.09. The van der Waals surface area contributed by atoms with Crippen LogP contribution in [0.1, 0.15) is 46.3 Å². The van der Waals surface area contributed by atoms with Crippen molar-refractivity contribution < 1.29 is 14.2 Å². The summed E-state index contributed by atoms with van der Waals surface area (Å²) in [5.41, 5.74) is 7.14. The van der Waals surface area contributed by atoms with Gasteiger partial charge in [-0.3, -0.25) is 0 Å². The van der Waals surface area contributed by atoms with Gasteiger partial charge in [-0.25, -0.2) is 0 Å². The van der Waals surface area contributed by atoms with Gasteiger partial charge in [0.25, 0.3) is 0 Å². The molecule has 202 valence electrons. The van der Waals surface area contributed by atoms with Gasteiger partial charge in [0, 0.05) is 51.4 Å². The Kier molecular flexibility index (Phi) is 7.80. The van der Waals surface area contributed by atoms with Crippen molar-refractivity contribution in [2.75, 3.05) is 52.2 Å². The highest BCUT2D eigenvalue weighted by atomic mass is 16.5. The number of hydrogen-bond acceptors (Lipinski definition) is 5. The number of ether oxygens (including phenoxy) is 3. The van der Waals surface area contributed by atoms with E-state index in [4.69, 9.17) is 14.2 Å². The van der Waals surface area contributed by atoms with E-state index in [1.54, 1.807) is 14.2 Å². The van der Waals surface area contributed by atoms with E-state index in [9.17, 15) is 0 Å². The third-order valence-corrected chi connectivity index (χ3v) is 7.81. The van der Waals surface area contributed by atoms with Crippen molar-refractivity contribution in [3.05, 3.63) is 119 Å². The van der Waals surface area contributed by atoms with Gasteiger partial charge in [0.05, 0.1) is 26.4 Å². The van der Waals surface area contributed by atoms with Crippen molar-refractivity contribution in [3.8, 4) is 11.5 Å². The Labute approximate surface area is 232 Å². The lowest BCUT2D eigenvalue weighted by atomic mass is 9.75. The van der Waals surface area contributed by atoms with E-state index in [1.807, 2.05) is 24.3 Å². The van der Waals surface area contributed by atoms with E-state index in [0.29, 0.717) is 0 Å². The molecule has 5 rings (SSSR count). The van der Waals surface area contributed by atoms with E-state index in [-0.39, 0.29) is 24.0 Å². The highest BCUT2D eigenvalue weighted by molar-refractivity contribution is 5.50. The predicted octanol–water partition coefficient (Wildman–Crippen LogP) is 7.22. The van der Waals surface area contributed by atoms with Crippen LogP contribution in [0.2, 0.25) is 0 Å². The molecular formula is C34H38N2O3. The van der Waals surface area contributed by atoms with Gasteiger partial charge in [0.15, 0.2) is 0 Å². The third kappa shape index (κ3) is 5.45. The average molecular weight is 523 g/mol. The van der Waals surface area contributed by atoms with Crippen molar-refractivity contribution in [3.63, 3.8) is 0 Å². The highest BCUT2D eigenvalue weighted by Gasteiger charge is 2.47. The second-order valence-corrected chi connectivity index (χ2v) is 10.5. The first-order valence-corrected chi connectivity index (χ1v) is 13.4. The lowest BCUT2D eigenvalue weighted by molar-refractivity contribution is 0.0367. The SMILES string of the molecule is COc1ccc([C@@H]2[C@H](c3ccc(OC)cc3)[C@@H](c3ccc(N(C)C)cc3)O[C@H]2c2ccc(N(C)C)cc2)cc1. The van der Waals surface area contributed by atoms with Gasteiger partial charge in [-0.2, -0.15) is 0 Å². The molecule has 5 nitrogen and oxygen atoms in total. The second kappa shape index (κ2) is 11.4. The zero-order valence-corrected chi connectivity index (χ0v) is 23.7. The molecule has 1 aliphatic rings. The Balaban J connectivity index is 1.65. The van der Waals surface area contributed by atoms with Gasteiger partial charge in [0.2, 0.25) is 0 Å². The Bertz CT molecular complexity index is 1240. The fourth-order valence-electron chi connectivity index (χ4n) is 5.62. The molecule has 1 heterocycles. The van der Waals surface area contributed by atoms with Gasteiger partial charge in [-0.05, 0) is 70.8 Å². The predicted molar refractivity (Wildman–Crippen MR) is 160 cm³/mol. The summed E-state index contributed by atoms with van der Waals surface area (Å²) in [6, 6.07) is 34.4. The summed E-state index contributed by atoms with van der Waals surface area (Å²) in [5.74, 6) is 1.88. The summed E-state index contributed by atoms with van der Waals surface area (Å²) in [4.78, 5) is 4.24. The van der Waals surface area contributed by atoms with Gasteiger partial charge in [-0.1, -0.05) is 48.5 Å². The van der Waals surface area contributed by atoms with Crippen molar-refractivity contribution >= 4 is 11.4 Å². The quantitative estimate of drug-likeness (QED) is 0.244. The summed E-state index contributed by atoms with van der Waals surface area (Å²) in [6.07, 6.45) is -0.250. The van der Waals surface area contributed by atoms with Crippen LogP contribution in [0, 0.1) is 0 Å². The second-order valence-electron chi connectivity index (χ2n) is 10.5. The smallest absolute Gasteiger partial charge is 0.118 e. The van der Waals surface area contributed by atoms with Crippen molar-refractivity contribution in [1.82, 2.24) is 0 Å². The molecule has 1 saturated heterocycles. The topological polar surface area (TPSA) is 34.2 Å². The molecule has 1 aliphatic heterocycles. The molecule has 0 aliphatic carbocycles. The van der Waals surface area contributed by atoms with Gasteiger partial charge >= 0.3 is 0 Å². The van der Waals surface area contributed by atoms with Crippen LogP contribution in [0.3, 0.4) is 0 Å². The molecule has 0 unspecified atom stereocenters. The standard InChI is InChI=1S/C34H38N2O3/c1-35(2)27-15-7-25(8-16-27)33-31(23-11-19-29(37-5)20-12-23)32(24-13-21-30(38-6)22-14-24)34(39-33)26-9-17-28(18-10-26)36(3)4/h7-22,31-34H,1-6H3/t31-,32+,33+,34-. The monoisotopic (exact) mass is 522 g/mol. The molecule has 0 aromatic heterocycles. The van der Waals surface area contributed by atoms with Crippen LogP contribution in [-0.4, -0.2) is 42.4 Å². The molecule has 4 aromatic rings. The van der Waals surface area contributed by atoms with E-state index >= 15 is 0 Å². The van der Waals surface area contributed by atoms with Crippen LogP contribution in [0.5, 0.6) is 11.5 Å². The largest absolute Gasteiger partial charge is 0.497 e. The van der Waals surface area contributed by atoms with Crippen molar-refractivity contribution in [2.45, 2.75) is 24.0 Å². The van der Waals surface area contributed by atoms with Crippen LogP contribution in [0.4, 0.5) is 11.4 Å². The van der Waals surface area contributed by atoms with E-state index in [1.165, 1.54) is 33.6 Å². The molecule has 0 bridgehead atoms. The molecule has 0 spiro atoms. The lowest BCUT2D eigenvalue weighted by Crippen LogP contribution is -2.14. The van der Waals surface area contributed by atoms with Crippen LogP contribution in [0.15, 0.2) is 97.1 Å². The van der Waals surface area contributed by atoms with Crippen molar-refractivity contribution in [2.24, 2.45) is 0 Å². The first-order valence-electron chi connectivity index (χ1n) is 13.4. The molecule has 0 amide bonds. The maximum atomic E-state index is 7.09. The summed E-state index contributed by atoms with van der Waals surface area (Å²) >= 11 is 0. The van der Waals surface area contributed by atoms with Gasteiger partial charge in [0.1, 0.15) is 11.5 Å². The Morgan fingerprint density at radius 1 is 0.462 bits per heavy atom. The van der Waals surface area contributed by atoms with Crippen LogP contribution in [-0.2, 0) is 4.74 Å². The third-order valence-electron chi connectivity index (χ3n) is 7.81. The molecule has 1 fully saturated rings. The average Bonchev–Trinajstić information content (AvgIpc) is 3.38. The zero-order valence-electron chi connectivity index (χ0n) is 23.7. The minimum atomic E-state index is -0.125. The molecule has 0 radical (unpaired) electrons. The highest BCUT2D eigenvalue weighted by Crippen LogP contribution is 2.59. The summed E-state index contributed by atoms with van der Waals surface area (Å²) in [6.45, 7) is 0. The fraction of sp³-hybridized carbons (Fsp3) is 0.294. The van der Waals surface area contributed by atoms with Crippen molar-refractivity contribution in [1.29, 1.82) is 0 Å². The minimum Gasteiger partial charge on any atom is -0.497 e. The summed E-state index contributed by atoms with van der Waals surface area (Å²) < 4.78 is 18.1. The first-order chi connectivity index (χ1) is 18.9. The molecule has 0 saturated carbocycles. The van der Waals surface area contributed by atoms with E-state index in [0.717, 1.165) is 11.5 Å². The molecule has 4 atom stereocenters. The fourth-order valence-corrected chi connectivity index (χ4v) is 5.62. The molecule has 4 aromatic carbocycles. The maximum Gasteiger partial charge on any atom is 0.118 e. The van der Waals surface area contributed by atoms with Crippen LogP contribution in [0.25, 0.3) is 0 Å². The number of hydrogen-bond donors (Lipinski definition) is 0. The van der Waals surface area contributed by atoms with Gasteiger partial charge in [-0.15, -0.1) is 0 Å². The molecular weight excluding hydrogens is 484 g/mol. The van der Waals surface area contributed by atoms with E-state index < -0.39 is 0 Å². The number of benzene rings is 4.